The number of fused-ring (bicyclic) bond motifs is 1. The molecule has 1 aromatic carbocycles. The summed E-state index contributed by atoms with van der Waals surface area (Å²) in [5.74, 6) is 0.773. The molecule has 0 spiro atoms. The zero-order valence-corrected chi connectivity index (χ0v) is 20.8. The molecule has 0 bridgehead atoms. The molecule has 1 aliphatic heterocycles. The van der Waals surface area contributed by atoms with Crippen LogP contribution in [0.2, 0.25) is 0 Å². The third-order valence-corrected chi connectivity index (χ3v) is 7.66. The summed E-state index contributed by atoms with van der Waals surface area (Å²) in [5.41, 5.74) is 3.07. The van der Waals surface area contributed by atoms with Gasteiger partial charge in [-0.15, -0.1) is 11.3 Å². The SMILES string of the molecule is O=C(Cc1ccc(Oc2ccnc3cc(-c4ccc(CN5CCOC5=O)cn4)sc23)c(F)c1)CC1CC1. The van der Waals surface area contributed by atoms with Crippen LogP contribution >= 0.6 is 11.3 Å². The zero-order chi connectivity index (χ0) is 25.4. The number of hydrogen-bond donors (Lipinski definition) is 0. The second-order valence-corrected chi connectivity index (χ2v) is 10.5. The van der Waals surface area contributed by atoms with Crippen molar-refractivity contribution in [1.82, 2.24) is 14.9 Å². The van der Waals surface area contributed by atoms with Gasteiger partial charge in [0.25, 0.3) is 0 Å². The molecule has 4 aromatic rings. The Morgan fingerprint density at radius 2 is 1.97 bits per heavy atom. The molecule has 188 valence electrons. The Hall–Kier alpha value is -3.85. The molecular weight excluding hydrogens is 493 g/mol. The molecule has 0 atom stereocenters. The van der Waals surface area contributed by atoms with Crippen molar-refractivity contribution in [2.24, 2.45) is 5.92 Å². The first-order valence-corrected chi connectivity index (χ1v) is 13.1. The topological polar surface area (TPSA) is 81.6 Å². The molecule has 9 heteroatoms. The predicted molar refractivity (Wildman–Crippen MR) is 137 cm³/mol. The Kier molecular flexibility index (Phi) is 6.30. The lowest BCUT2D eigenvalue weighted by Gasteiger charge is -2.12. The van der Waals surface area contributed by atoms with Gasteiger partial charge in [-0.3, -0.25) is 14.8 Å². The Balaban J connectivity index is 1.18. The number of cyclic esters (lactones) is 1. The molecule has 1 saturated carbocycles. The van der Waals surface area contributed by atoms with Gasteiger partial charge in [0.05, 0.1) is 33.9 Å². The maximum Gasteiger partial charge on any atom is 0.410 e. The number of thiophene rings is 1. The van der Waals surface area contributed by atoms with Crippen molar-refractivity contribution in [3.63, 3.8) is 0 Å². The van der Waals surface area contributed by atoms with Gasteiger partial charge in [0.1, 0.15) is 18.1 Å². The number of halogens is 1. The quantitative estimate of drug-likeness (QED) is 0.265. The molecule has 0 N–H and O–H groups in total. The maximum absolute atomic E-state index is 14.8. The number of ketones is 1. The van der Waals surface area contributed by atoms with E-state index in [1.165, 1.54) is 17.4 Å². The lowest BCUT2D eigenvalue weighted by atomic mass is 10.0. The van der Waals surface area contributed by atoms with Crippen molar-refractivity contribution in [3.8, 4) is 22.1 Å². The number of hydrogen-bond acceptors (Lipinski definition) is 7. The van der Waals surface area contributed by atoms with Crippen LogP contribution in [0.15, 0.2) is 54.9 Å². The van der Waals surface area contributed by atoms with Crippen LogP contribution in [0.4, 0.5) is 9.18 Å². The van der Waals surface area contributed by atoms with E-state index in [4.69, 9.17) is 9.47 Å². The second kappa shape index (κ2) is 9.89. The van der Waals surface area contributed by atoms with Gasteiger partial charge >= 0.3 is 6.09 Å². The minimum Gasteiger partial charge on any atom is -0.453 e. The molecule has 1 saturated heterocycles. The monoisotopic (exact) mass is 517 g/mol. The van der Waals surface area contributed by atoms with Crippen molar-refractivity contribution >= 4 is 33.4 Å². The lowest BCUT2D eigenvalue weighted by Crippen LogP contribution is -2.23. The highest BCUT2D eigenvalue weighted by Gasteiger charge is 2.24. The number of aromatic nitrogens is 2. The van der Waals surface area contributed by atoms with E-state index in [9.17, 15) is 14.0 Å². The predicted octanol–water partition coefficient (Wildman–Crippen LogP) is 6.15. The average Bonchev–Trinajstić information content (AvgIpc) is 3.43. The van der Waals surface area contributed by atoms with E-state index in [1.807, 2.05) is 18.2 Å². The Bertz CT molecular complexity index is 1480. The second-order valence-electron chi connectivity index (χ2n) is 9.45. The number of carbonyl (C=O) groups excluding carboxylic acids is 2. The molecule has 6 rings (SSSR count). The minimum absolute atomic E-state index is 0.101. The molecule has 0 radical (unpaired) electrons. The van der Waals surface area contributed by atoms with E-state index in [1.54, 1.807) is 35.5 Å². The van der Waals surface area contributed by atoms with Gasteiger partial charge in [0, 0.05) is 31.3 Å². The summed E-state index contributed by atoms with van der Waals surface area (Å²) in [6.45, 7) is 1.45. The molecule has 1 aliphatic carbocycles. The highest BCUT2D eigenvalue weighted by atomic mass is 32.1. The molecule has 3 aromatic heterocycles. The van der Waals surface area contributed by atoms with E-state index in [2.05, 4.69) is 9.97 Å². The highest BCUT2D eigenvalue weighted by molar-refractivity contribution is 7.22. The fourth-order valence-corrected chi connectivity index (χ4v) is 5.42. The number of pyridine rings is 2. The van der Waals surface area contributed by atoms with E-state index in [0.29, 0.717) is 43.3 Å². The minimum atomic E-state index is -0.502. The molecule has 37 heavy (non-hydrogen) atoms. The van der Waals surface area contributed by atoms with E-state index >= 15 is 0 Å². The standard InChI is InChI=1S/C28H24FN3O4S/c29-21-13-18(12-20(33)11-17-1-2-17)4-6-24(21)36-25-7-8-30-23-14-26(37-27(23)25)22-5-3-19(15-31-22)16-32-9-10-35-28(32)34/h3-8,13-15,17H,1-2,9-12,16H2. The van der Waals surface area contributed by atoms with Crippen molar-refractivity contribution in [2.45, 2.75) is 32.2 Å². The molecule has 1 amide bonds. The number of benzene rings is 1. The smallest absolute Gasteiger partial charge is 0.410 e. The molecule has 2 fully saturated rings. The van der Waals surface area contributed by atoms with Gasteiger partial charge in [-0.05, 0) is 54.2 Å². The van der Waals surface area contributed by atoms with Crippen LogP contribution in [0.25, 0.3) is 20.8 Å². The first-order valence-electron chi connectivity index (χ1n) is 12.3. The van der Waals surface area contributed by atoms with Crippen LogP contribution in [0.1, 0.15) is 30.4 Å². The normalized spacial score (nSPS) is 15.3. The van der Waals surface area contributed by atoms with Gasteiger partial charge in [-0.25, -0.2) is 9.18 Å². The summed E-state index contributed by atoms with van der Waals surface area (Å²) >= 11 is 1.46. The molecule has 0 unspecified atom stereocenters. The van der Waals surface area contributed by atoms with E-state index in [-0.39, 0.29) is 24.0 Å². The van der Waals surface area contributed by atoms with Crippen molar-refractivity contribution in [3.05, 3.63) is 71.8 Å². The Morgan fingerprint density at radius 1 is 1.11 bits per heavy atom. The van der Waals surface area contributed by atoms with Crippen molar-refractivity contribution < 1.29 is 23.5 Å². The number of rotatable bonds is 9. The molecule has 7 nitrogen and oxygen atoms in total. The van der Waals surface area contributed by atoms with Gasteiger partial charge < -0.3 is 14.4 Å². The lowest BCUT2D eigenvalue weighted by molar-refractivity contribution is -0.118. The maximum atomic E-state index is 14.8. The van der Waals surface area contributed by atoms with E-state index in [0.717, 1.165) is 39.2 Å². The van der Waals surface area contributed by atoms with Crippen LogP contribution in [-0.4, -0.2) is 39.9 Å². The van der Waals surface area contributed by atoms with Crippen LogP contribution in [0, 0.1) is 11.7 Å². The van der Waals surface area contributed by atoms with Crippen LogP contribution in [0.3, 0.4) is 0 Å². The summed E-state index contributed by atoms with van der Waals surface area (Å²) in [5, 5.41) is 0. The molecule has 4 heterocycles. The average molecular weight is 518 g/mol. The number of carbonyl (C=O) groups is 2. The van der Waals surface area contributed by atoms with Crippen LogP contribution < -0.4 is 4.74 Å². The number of Topliss-reactive ketones (excluding diaryl/α,β-unsaturated/α-hetero) is 1. The first-order chi connectivity index (χ1) is 18.0. The summed E-state index contributed by atoms with van der Waals surface area (Å²) < 4.78 is 26.6. The molecular formula is C28H24FN3O4S. The Morgan fingerprint density at radius 3 is 2.70 bits per heavy atom. The number of amides is 1. The highest BCUT2D eigenvalue weighted by Crippen LogP contribution is 2.39. The van der Waals surface area contributed by atoms with Crippen LogP contribution in [-0.2, 0) is 22.5 Å². The third-order valence-electron chi connectivity index (χ3n) is 6.50. The number of ether oxygens (including phenoxy) is 2. The first kappa shape index (κ1) is 23.5. The molecule has 2 aliphatic rings. The van der Waals surface area contributed by atoms with Crippen molar-refractivity contribution in [2.75, 3.05) is 13.2 Å². The zero-order valence-electron chi connectivity index (χ0n) is 20.0. The van der Waals surface area contributed by atoms with Gasteiger partial charge in [-0.1, -0.05) is 12.1 Å². The summed E-state index contributed by atoms with van der Waals surface area (Å²) in [4.78, 5) is 35.4. The largest absolute Gasteiger partial charge is 0.453 e. The van der Waals surface area contributed by atoms with Crippen molar-refractivity contribution in [1.29, 1.82) is 0 Å². The summed E-state index contributed by atoms with van der Waals surface area (Å²) in [6, 6.07) is 12.2. The van der Waals surface area contributed by atoms with Gasteiger partial charge in [-0.2, -0.15) is 0 Å². The third kappa shape index (κ3) is 5.32. The summed E-state index contributed by atoms with van der Waals surface area (Å²) in [7, 11) is 0. The van der Waals surface area contributed by atoms with Crippen LogP contribution in [0.5, 0.6) is 11.5 Å². The fraction of sp³-hybridized carbons (Fsp3) is 0.286. The van der Waals surface area contributed by atoms with Gasteiger partial charge in [0.2, 0.25) is 0 Å². The summed E-state index contributed by atoms with van der Waals surface area (Å²) in [6.07, 6.45) is 6.15. The van der Waals surface area contributed by atoms with E-state index < -0.39 is 5.82 Å². The Labute approximate surface area is 216 Å². The van der Waals surface area contributed by atoms with Gasteiger partial charge in [0.15, 0.2) is 11.6 Å². The fourth-order valence-electron chi connectivity index (χ4n) is 4.37. The number of nitrogens with zero attached hydrogens (tertiary/aromatic N) is 3.